The van der Waals surface area contributed by atoms with Gasteiger partial charge in [0.2, 0.25) is 0 Å². The van der Waals surface area contributed by atoms with Crippen LogP contribution in [0.2, 0.25) is 0 Å². The Morgan fingerprint density at radius 1 is 1.22 bits per heavy atom. The fraction of sp³-hybridized carbons (Fsp3) is 1.00. The number of nitrogens with zero attached hydrogens (tertiary/aromatic N) is 1. The molecule has 18 heavy (non-hydrogen) atoms. The molecule has 106 valence electrons. The van der Waals surface area contributed by atoms with Crippen molar-refractivity contribution in [3.63, 3.8) is 0 Å². The fourth-order valence-corrected chi connectivity index (χ4v) is 5.34. The highest BCUT2D eigenvalue weighted by molar-refractivity contribution is 7.87. The molecule has 2 bridgehead atoms. The summed E-state index contributed by atoms with van der Waals surface area (Å²) in [5, 5.41) is 0. The first kappa shape index (κ1) is 14.3. The van der Waals surface area contributed by atoms with E-state index in [1.54, 1.807) is 0 Å². The van der Waals surface area contributed by atoms with Crippen molar-refractivity contribution in [3.8, 4) is 0 Å². The summed E-state index contributed by atoms with van der Waals surface area (Å²) in [5.74, 6) is 2.17. The normalized spacial score (nSPS) is 33.2. The highest BCUT2D eigenvalue weighted by atomic mass is 32.2. The van der Waals surface area contributed by atoms with Crippen molar-refractivity contribution in [1.82, 2.24) is 9.03 Å². The Bertz CT molecular complexity index is 378. The molecule has 1 N–H and O–H groups in total. The van der Waals surface area contributed by atoms with Gasteiger partial charge in [0, 0.05) is 19.1 Å². The molecule has 0 spiro atoms. The zero-order valence-electron chi connectivity index (χ0n) is 11.7. The fourth-order valence-electron chi connectivity index (χ4n) is 3.87. The maximum Gasteiger partial charge on any atom is 0.279 e. The molecule has 0 radical (unpaired) electrons. The number of hydrogen-bond donors (Lipinski definition) is 1. The first-order chi connectivity index (χ1) is 8.47. The van der Waals surface area contributed by atoms with Gasteiger partial charge < -0.3 is 0 Å². The third-order valence-electron chi connectivity index (χ3n) is 4.82. The van der Waals surface area contributed by atoms with E-state index in [0.29, 0.717) is 19.0 Å². The minimum atomic E-state index is -3.29. The molecule has 2 saturated carbocycles. The van der Waals surface area contributed by atoms with Crippen LogP contribution in [0.3, 0.4) is 0 Å². The largest absolute Gasteiger partial charge is 0.279 e. The molecule has 0 aromatic heterocycles. The Hall–Kier alpha value is -0.130. The zero-order chi connectivity index (χ0) is 13.3. The van der Waals surface area contributed by atoms with Crippen molar-refractivity contribution in [2.24, 2.45) is 17.8 Å². The van der Waals surface area contributed by atoms with Crippen LogP contribution in [0.15, 0.2) is 0 Å². The molecule has 0 aliphatic heterocycles. The predicted octanol–water partition coefficient (Wildman–Crippen LogP) is 1.99. The summed E-state index contributed by atoms with van der Waals surface area (Å²) in [6.45, 7) is 6.87. The van der Waals surface area contributed by atoms with Gasteiger partial charge in [0.05, 0.1) is 0 Å². The van der Waals surface area contributed by atoms with Gasteiger partial charge in [-0.1, -0.05) is 20.3 Å². The molecule has 2 rings (SSSR count). The van der Waals surface area contributed by atoms with Crippen LogP contribution >= 0.6 is 0 Å². The van der Waals surface area contributed by atoms with Gasteiger partial charge in [0.15, 0.2) is 0 Å². The van der Waals surface area contributed by atoms with Gasteiger partial charge in [0.1, 0.15) is 0 Å². The van der Waals surface area contributed by atoms with E-state index in [9.17, 15) is 8.42 Å². The molecule has 2 aliphatic rings. The minimum absolute atomic E-state index is 0.0749. The van der Waals surface area contributed by atoms with E-state index in [1.807, 2.05) is 20.8 Å². The molecule has 4 nitrogen and oxygen atoms in total. The summed E-state index contributed by atoms with van der Waals surface area (Å²) < 4.78 is 28.7. The molecular weight excluding hydrogens is 248 g/mol. The Morgan fingerprint density at radius 2 is 1.89 bits per heavy atom. The molecule has 0 amide bonds. The predicted molar refractivity (Wildman–Crippen MR) is 73.4 cm³/mol. The van der Waals surface area contributed by atoms with Crippen molar-refractivity contribution in [1.29, 1.82) is 0 Å². The van der Waals surface area contributed by atoms with Gasteiger partial charge in [0.25, 0.3) is 10.2 Å². The summed E-state index contributed by atoms with van der Waals surface area (Å²) in [6.07, 6.45) is 5.19. The molecule has 2 aliphatic carbocycles. The Morgan fingerprint density at radius 3 is 2.33 bits per heavy atom. The van der Waals surface area contributed by atoms with Crippen LogP contribution in [0.4, 0.5) is 0 Å². The van der Waals surface area contributed by atoms with Crippen LogP contribution in [0, 0.1) is 17.8 Å². The second-order valence-corrected chi connectivity index (χ2v) is 7.54. The first-order valence-corrected chi connectivity index (χ1v) is 8.69. The molecular formula is C13H26N2O2S. The van der Waals surface area contributed by atoms with Crippen molar-refractivity contribution in [2.45, 2.75) is 52.5 Å². The molecule has 2 fully saturated rings. The highest BCUT2D eigenvalue weighted by Crippen LogP contribution is 2.49. The Kier molecular flexibility index (Phi) is 4.34. The summed E-state index contributed by atoms with van der Waals surface area (Å²) in [6, 6.07) is 0.0749. The maximum absolute atomic E-state index is 12.2. The average Bonchev–Trinajstić information content (AvgIpc) is 2.91. The van der Waals surface area contributed by atoms with Crippen molar-refractivity contribution >= 4 is 10.2 Å². The summed E-state index contributed by atoms with van der Waals surface area (Å²) in [5.41, 5.74) is 0. The van der Waals surface area contributed by atoms with Crippen LogP contribution in [0.5, 0.6) is 0 Å². The smallest absolute Gasteiger partial charge is 0.199 e. The first-order valence-electron chi connectivity index (χ1n) is 7.25. The monoisotopic (exact) mass is 274 g/mol. The van der Waals surface area contributed by atoms with Crippen LogP contribution in [-0.2, 0) is 10.2 Å². The van der Waals surface area contributed by atoms with Crippen LogP contribution in [-0.4, -0.2) is 31.9 Å². The highest BCUT2D eigenvalue weighted by Gasteiger charge is 2.42. The molecule has 5 heteroatoms. The van der Waals surface area contributed by atoms with E-state index in [2.05, 4.69) is 4.72 Å². The quantitative estimate of drug-likeness (QED) is 0.805. The van der Waals surface area contributed by atoms with E-state index in [1.165, 1.54) is 30.0 Å². The standard InChI is InChI=1S/C13H26N2O2S/c1-4-15(5-2)18(16,17)14-10(3)13-9-11-6-7-12(13)8-11/h10-14H,4-9H2,1-3H3/t10-,11+,12+,13-/m1/s1. The second kappa shape index (κ2) is 5.47. The lowest BCUT2D eigenvalue weighted by molar-refractivity contribution is 0.276. The third-order valence-corrected chi connectivity index (χ3v) is 6.68. The second-order valence-electron chi connectivity index (χ2n) is 5.83. The van der Waals surface area contributed by atoms with Gasteiger partial charge in [-0.25, -0.2) is 0 Å². The lowest BCUT2D eigenvalue weighted by Gasteiger charge is -2.30. The zero-order valence-corrected chi connectivity index (χ0v) is 12.5. The topological polar surface area (TPSA) is 49.4 Å². The summed E-state index contributed by atoms with van der Waals surface area (Å²) in [4.78, 5) is 0. The van der Waals surface area contributed by atoms with Crippen LogP contribution in [0.25, 0.3) is 0 Å². The number of fused-ring (bicyclic) bond motifs is 2. The summed E-state index contributed by atoms with van der Waals surface area (Å²) in [7, 11) is -3.29. The summed E-state index contributed by atoms with van der Waals surface area (Å²) >= 11 is 0. The Balaban J connectivity index is 1.96. The van der Waals surface area contributed by atoms with Gasteiger partial charge in [-0.3, -0.25) is 0 Å². The van der Waals surface area contributed by atoms with E-state index >= 15 is 0 Å². The SMILES string of the molecule is CCN(CC)S(=O)(=O)N[C@H](C)[C@H]1C[C@H]2CC[C@H]1C2. The minimum Gasteiger partial charge on any atom is -0.199 e. The van der Waals surface area contributed by atoms with Gasteiger partial charge in [-0.2, -0.15) is 17.4 Å². The molecule has 0 unspecified atom stereocenters. The van der Waals surface area contributed by atoms with Crippen molar-refractivity contribution in [3.05, 3.63) is 0 Å². The molecule has 0 heterocycles. The van der Waals surface area contributed by atoms with Gasteiger partial charge in [-0.05, 0) is 43.9 Å². The van der Waals surface area contributed by atoms with E-state index in [4.69, 9.17) is 0 Å². The van der Waals surface area contributed by atoms with Gasteiger partial charge in [-0.15, -0.1) is 0 Å². The van der Waals surface area contributed by atoms with E-state index in [0.717, 1.165) is 11.8 Å². The lowest BCUT2D eigenvalue weighted by Crippen LogP contribution is -2.47. The molecule has 0 saturated heterocycles. The number of rotatable bonds is 6. The van der Waals surface area contributed by atoms with Gasteiger partial charge >= 0.3 is 0 Å². The number of hydrogen-bond acceptors (Lipinski definition) is 2. The van der Waals surface area contributed by atoms with Crippen molar-refractivity contribution in [2.75, 3.05) is 13.1 Å². The van der Waals surface area contributed by atoms with E-state index in [-0.39, 0.29) is 6.04 Å². The Labute approximate surface area is 111 Å². The van der Waals surface area contributed by atoms with E-state index < -0.39 is 10.2 Å². The molecule has 0 aromatic rings. The molecule has 4 atom stereocenters. The van der Waals surface area contributed by atoms with Crippen LogP contribution < -0.4 is 4.72 Å². The van der Waals surface area contributed by atoms with Crippen LogP contribution in [0.1, 0.15) is 46.5 Å². The average molecular weight is 274 g/mol. The molecule has 0 aromatic carbocycles. The maximum atomic E-state index is 12.2. The third kappa shape index (κ3) is 2.73. The number of nitrogens with one attached hydrogen (secondary N) is 1. The van der Waals surface area contributed by atoms with Crippen molar-refractivity contribution < 1.29 is 8.42 Å². The lowest BCUT2D eigenvalue weighted by atomic mass is 9.84.